The molecule has 1 saturated carbocycles. The van der Waals surface area contributed by atoms with Crippen molar-refractivity contribution in [2.45, 2.75) is 49.3 Å². The molecule has 2 aromatic rings. The van der Waals surface area contributed by atoms with E-state index in [2.05, 4.69) is 10.3 Å². The molecule has 0 radical (unpaired) electrons. The Morgan fingerprint density at radius 1 is 1.14 bits per heavy atom. The van der Waals surface area contributed by atoms with Crippen LogP contribution in [0.15, 0.2) is 41.3 Å². The standard InChI is InChI=1S/C25H29F2N5O3S/c1-16-12-28-23-19(6-7-22(29-23)30-9-8-17(26)13-30)24(33)32(16)18-10-25(11-18)14-31(15-25)36(34,35)21-5-3-2-4-20(21)27/h2-7,16-18H,8-15H2,1H3,(H,28,29)/t16-,17+/m1/s1. The van der Waals surface area contributed by atoms with Gasteiger partial charge in [0.1, 0.15) is 28.5 Å². The summed E-state index contributed by atoms with van der Waals surface area (Å²) >= 11 is 0. The van der Waals surface area contributed by atoms with Crippen molar-refractivity contribution in [3.8, 4) is 0 Å². The number of carbonyl (C=O) groups is 1. The first-order valence-corrected chi connectivity index (χ1v) is 13.8. The number of pyridine rings is 1. The number of nitrogens with zero attached hydrogens (tertiary/aromatic N) is 4. The Morgan fingerprint density at radius 3 is 2.58 bits per heavy atom. The second-order valence-corrected chi connectivity index (χ2v) is 12.5. The maximum atomic E-state index is 14.1. The summed E-state index contributed by atoms with van der Waals surface area (Å²) in [5, 5.41) is 3.30. The molecule has 2 atom stereocenters. The van der Waals surface area contributed by atoms with Gasteiger partial charge in [-0.15, -0.1) is 0 Å². The lowest BCUT2D eigenvalue weighted by atomic mass is 9.61. The second-order valence-electron chi connectivity index (χ2n) is 10.6. The van der Waals surface area contributed by atoms with E-state index in [1.807, 2.05) is 16.7 Å². The molecule has 0 unspecified atom stereocenters. The van der Waals surface area contributed by atoms with Gasteiger partial charge in [-0.1, -0.05) is 12.1 Å². The number of hydrogen-bond donors (Lipinski definition) is 1. The molecular weight excluding hydrogens is 488 g/mol. The minimum absolute atomic E-state index is 0.00381. The van der Waals surface area contributed by atoms with Crippen molar-refractivity contribution in [1.29, 1.82) is 0 Å². The number of amides is 1. The van der Waals surface area contributed by atoms with Crippen LogP contribution < -0.4 is 10.2 Å². The van der Waals surface area contributed by atoms with Gasteiger partial charge in [0.2, 0.25) is 10.0 Å². The van der Waals surface area contributed by atoms with Crippen molar-refractivity contribution in [1.82, 2.24) is 14.2 Å². The number of rotatable bonds is 4. The number of hydrogen-bond acceptors (Lipinski definition) is 6. The van der Waals surface area contributed by atoms with Crippen LogP contribution in [0.5, 0.6) is 0 Å². The average Bonchev–Trinajstić information content (AvgIpc) is 3.19. The van der Waals surface area contributed by atoms with Gasteiger partial charge in [-0.3, -0.25) is 4.79 Å². The van der Waals surface area contributed by atoms with Gasteiger partial charge in [-0.25, -0.2) is 22.2 Å². The summed E-state index contributed by atoms with van der Waals surface area (Å²) in [6.45, 7) is 4.13. The summed E-state index contributed by atoms with van der Waals surface area (Å²) in [5.41, 5.74) is 0.323. The zero-order chi connectivity index (χ0) is 25.2. The molecule has 4 heterocycles. The van der Waals surface area contributed by atoms with Crippen molar-refractivity contribution in [3.63, 3.8) is 0 Å². The molecular formula is C25H29F2N5O3S. The summed E-state index contributed by atoms with van der Waals surface area (Å²) in [7, 11) is -3.87. The molecule has 1 aromatic heterocycles. The summed E-state index contributed by atoms with van der Waals surface area (Å²) in [5.74, 6) is 0.352. The van der Waals surface area contributed by atoms with E-state index in [0.717, 1.165) is 6.07 Å². The van der Waals surface area contributed by atoms with E-state index in [1.54, 1.807) is 12.1 Å². The second kappa shape index (κ2) is 8.37. The molecule has 2 saturated heterocycles. The van der Waals surface area contributed by atoms with Crippen molar-refractivity contribution < 1.29 is 22.0 Å². The van der Waals surface area contributed by atoms with Gasteiger partial charge < -0.3 is 15.1 Å². The topological polar surface area (TPSA) is 85.8 Å². The Morgan fingerprint density at radius 2 is 1.89 bits per heavy atom. The van der Waals surface area contributed by atoms with Crippen molar-refractivity contribution in [2.75, 3.05) is 42.9 Å². The minimum Gasteiger partial charge on any atom is -0.367 e. The lowest BCUT2D eigenvalue weighted by Gasteiger charge is -2.60. The molecule has 1 N–H and O–H groups in total. The van der Waals surface area contributed by atoms with E-state index in [0.29, 0.717) is 69.2 Å². The molecule has 8 nitrogen and oxygen atoms in total. The van der Waals surface area contributed by atoms with Crippen molar-refractivity contribution >= 4 is 27.6 Å². The molecule has 11 heteroatoms. The first kappa shape index (κ1) is 23.6. The van der Waals surface area contributed by atoms with Gasteiger partial charge >= 0.3 is 0 Å². The van der Waals surface area contributed by atoms with E-state index in [9.17, 15) is 22.0 Å². The van der Waals surface area contributed by atoms with Crippen molar-refractivity contribution in [3.05, 3.63) is 47.8 Å². The molecule has 1 amide bonds. The molecule has 6 rings (SSSR count). The van der Waals surface area contributed by atoms with E-state index >= 15 is 0 Å². The summed E-state index contributed by atoms with van der Waals surface area (Å²) in [4.78, 5) is 21.7. The van der Waals surface area contributed by atoms with Crippen LogP contribution in [0, 0.1) is 11.2 Å². The van der Waals surface area contributed by atoms with Gasteiger partial charge in [0.25, 0.3) is 5.91 Å². The van der Waals surface area contributed by atoms with Crippen molar-refractivity contribution in [2.24, 2.45) is 5.41 Å². The molecule has 0 bridgehead atoms. The summed E-state index contributed by atoms with van der Waals surface area (Å²) < 4.78 is 54.8. The van der Waals surface area contributed by atoms with E-state index < -0.39 is 22.0 Å². The molecule has 36 heavy (non-hydrogen) atoms. The monoisotopic (exact) mass is 517 g/mol. The van der Waals surface area contributed by atoms with Gasteiger partial charge in [0.05, 0.1) is 12.1 Å². The van der Waals surface area contributed by atoms with Crippen LogP contribution in [-0.2, 0) is 10.0 Å². The number of anilines is 2. The van der Waals surface area contributed by atoms with Gasteiger partial charge in [-0.2, -0.15) is 4.31 Å². The number of fused-ring (bicyclic) bond motifs is 1. The fourth-order valence-corrected chi connectivity index (χ4v) is 7.86. The van der Waals surface area contributed by atoms with Gasteiger partial charge in [0.15, 0.2) is 0 Å². The smallest absolute Gasteiger partial charge is 0.258 e. The minimum atomic E-state index is -3.87. The third-order valence-corrected chi connectivity index (χ3v) is 9.87. The highest BCUT2D eigenvalue weighted by molar-refractivity contribution is 7.89. The number of carbonyl (C=O) groups excluding carboxylic acids is 1. The number of aromatic nitrogens is 1. The Kier molecular flexibility index (Phi) is 5.49. The largest absolute Gasteiger partial charge is 0.367 e. The molecule has 1 aliphatic carbocycles. The molecule has 192 valence electrons. The summed E-state index contributed by atoms with van der Waals surface area (Å²) in [6.07, 6.45) is 1.04. The Balaban J connectivity index is 1.14. The number of sulfonamides is 1. The molecule has 4 aliphatic rings. The zero-order valence-corrected chi connectivity index (χ0v) is 20.8. The third-order valence-electron chi connectivity index (χ3n) is 8.05. The summed E-state index contributed by atoms with van der Waals surface area (Å²) in [6, 6.07) is 8.91. The van der Waals surface area contributed by atoms with Crippen LogP contribution in [0.2, 0.25) is 0 Å². The average molecular weight is 518 g/mol. The van der Waals surface area contributed by atoms with Crippen LogP contribution >= 0.6 is 0 Å². The molecule has 1 spiro atoms. The maximum absolute atomic E-state index is 14.1. The SMILES string of the molecule is C[C@@H]1CNc2nc(N3CC[C@H](F)C3)ccc2C(=O)N1C1CC2(C1)CN(S(=O)(=O)c1ccccc1F)C2. The Bertz CT molecular complexity index is 1310. The number of alkyl halides is 1. The van der Waals surface area contributed by atoms with E-state index in [4.69, 9.17) is 0 Å². The van der Waals surface area contributed by atoms with Crippen LogP contribution in [0.3, 0.4) is 0 Å². The fourth-order valence-electron chi connectivity index (χ4n) is 6.13. The zero-order valence-electron chi connectivity index (χ0n) is 20.0. The highest BCUT2D eigenvalue weighted by Gasteiger charge is 2.58. The van der Waals surface area contributed by atoms with E-state index in [1.165, 1.54) is 22.5 Å². The predicted octanol–water partition coefficient (Wildman–Crippen LogP) is 2.88. The third kappa shape index (κ3) is 3.75. The van der Waals surface area contributed by atoms with Crippen LogP contribution in [-0.4, -0.2) is 79.5 Å². The molecule has 1 aromatic carbocycles. The normalized spacial score (nSPS) is 26.2. The van der Waals surface area contributed by atoms with Crippen LogP contribution in [0.4, 0.5) is 20.4 Å². The van der Waals surface area contributed by atoms with Gasteiger partial charge in [0, 0.05) is 43.7 Å². The number of nitrogens with one attached hydrogen (secondary N) is 1. The molecule has 3 fully saturated rings. The highest BCUT2D eigenvalue weighted by atomic mass is 32.2. The predicted molar refractivity (Wildman–Crippen MR) is 131 cm³/mol. The maximum Gasteiger partial charge on any atom is 0.258 e. The Hall–Kier alpha value is -2.79. The van der Waals surface area contributed by atoms with Crippen LogP contribution in [0.25, 0.3) is 0 Å². The van der Waals surface area contributed by atoms with Gasteiger partial charge in [-0.05, 0) is 50.5 Å². The Labute approximate surface area is 209 Å². The van der Waals surface area contributed by atoms with E-state index in [-0.39, 0.29) is 28.3 Å². The lowest BCUT2D eigenvalue weighted by molar-refractivity contribution is -0.0727. The number of benzene rings is 1. The quantitative estimate of drug-likeness (QED) is 0.672. The van der Waals surface area contributed by atoms with Crippen LogP contribution in [0.1, 0.15) is 36.5 Å². The first-order chi connectivity index (χ1) is 17.2. The molecule has 3 aliphatic heterocycles. The first-order valence-electron chi connectivity index (χ1n) is 12.4. The fraction of sp³-hybridized carbons (Fsp3) is 0.520. The number of halogens is 2. The lowest BCUT2D eigenvalue weighted by Crippen LogP contribution is -2.68. The highest BCUT2D eigenvalue weighted by Crippen LogP contribution is 2.52.